The normalized spacial score (nSPS) is 17.1. The van der Waals surface area contributed by atoms with Crippen molar-refractivity contribution in [1.82, 2.24) is 0 Å². The molecule has 1 atom stereocenters. The molecular weight excluding hydrogens is 797 g/mol. The summed E-state index contributed by atoms with van der Waals surface area (Å²) in [4.78, 5) is 5.07. The molecule has 0 N–H and O–H groups in total. The summed E-state index contributed by atoms with van der Waals surface area (Å²) in [6.45, 7) is 19.0. The van der Waals surface area contributed by atoms with Crippen LogP contribution in [0, 0.1) is 20.8 Å². The predicted octanol–water partition coefficient (Wildman–Crippen LogP) is 17.5. The molecule has 0 bridgehead atoms. The lowest BCUT2D eigenvalue weighted by molar-refractivity contribution is 0.601. The van der Waals surface area contributed by atoms with Crippen LogP contribution in [0.15, 0.2) is 182 Å². The minimum Gasteiger partial charge on any atom is -0.334 e. The summed E-state index contributed by atoms with van der Waals surface area (Å²) in [5.74, 6) is 0. The summed E-state index contributed by atoms with van der Waals surface area (Å²) in [6, 6.07) is 53.0. The average Bonchev–Trinajstić information content (AvgIpc) is 3.69. The van der Waals surface area contributed by atoms with Gasteiger partial charge >= 0.3 is 0 Å². The van der Waals surface area contributed by atoms with Gasteiger partial charge in [0.25, 0.3) is 0 Å². The van der Waals surface area contributed by atoms with Crippen molar-refractivity contribution in [2.24, 2.45) is 0 Å². The third-order valence-corrected chi connectivity index (χ3v) is 15.0. The predicted molar refractivity (Wildman–Crippen MR) is 282 cm³/mol. The molecule has 66 heavy (non-hydrogen) atoms. The van der Waals surface area contributed by atoms with Crippen molar-refractivity contribution in [1.29, 1.82) is 0 Å². The summed E-state index contributed by atoms with van der Waals surface area (Å²) < 4.78 is 0. The molecule has 11 rings (SSSR count). The number of fused-ring (bicyclic) bond motifs is 7. The lowest BCUT2D eigenvalue weighted by atomic mass is 9.72. The second-order valence-corrected chi connectivity index (χ2v) is 20.4. The van der Waals surface area contributed by atoms with Crippen molar-refractivity contribution in [2.45, 2.75) is 91.5 Å². The summed E-state index contributed by atoms with van der Waals surface area (Å²) in [5, 5.41) is 0. The zero-order chi connectivity index (χ0) is 45.5. The van der Waals surface area contributed by atoms with Crippen LogP contribution in [0.4, 0.5) is 28.4 Å². The quantitative estimate of drug-likeness (QED) is 0.150. The average molecular weight is 857 g/mol. The van der Waals surface area contributed by atoms with Crippen LogP contribution in [0.3, 0.4) is 0 Å². The van der Waals surface area contributed by atoms with Crippen molar-refractivity contribution in [2.75, 3.05) is 9.80 Å². The van der Waals surface area contributed by atoms with E-state index in [9.17, 15) is 0 Å². The zero-order valence-electron chi connectivity index (χ0n) is 39.8. The van der Waals surface area contributed by atoms with E-state index in [-0.39, 0.29) is 16.9 Å². The summed E-state index contributed by atoms with van der Waals surface area (Å²) in [6.07, 6.45) is 17.1. The Kier molecular flexibility index (Phi) is 10.1. The van der Waals surface area contributed by atoms with Crippen molar-refractivity contribution in [3.63, 3.8) is 0 Å². The van der Waals surface area contributed by atoms with Gasteiger partial charge in [-0.25, -0.2) is 0 Å². The summed E-state index contributed by atoms with van der Waals surface area (Å²) >= 11 is 0. The first kappa shape index (κ1) is 41.8. The Morgan fingerprint density at radius 3 is 1.76 bits per heavy atom. The molecule has 0 saturated heterocycles. The van der Waals surface area contributed by atoms with Crippen LogP contribution in [-0.2, 0) is 10.8 Å². The molecule has 0 radical (unpaired) electrons. The van der Waals surface area contributed by atoms with Gasteiger partial charge in [0.2, 0.25) is 0 Å². The smallest absolute Gasteiger partial charge is 0.0562 e. The maximum atomic E-state index is 2.61. The number of benzene rings is 7. The van der Waals surface area contributed by atoms with Gasteiger partial charge in [0.15, 0.2) is 0 Å². The molecule has 0 heterocycles. The fraction of sp³-hybridized carbons (Fsp3) is 0.219. The molecule has 4 aliphatic rings. The molecule has 7 aromatic rings. The summed E-state index contributed by atoms with van der Waals surface area (Å²) in [5.41, 5.74) is 27.1. The van der Waals surface area contributed by atoms with Crippen LogP contribution in [-0.4, -0.2) is 6.04 Å². The van der Waals surface area contributed by atoms with Gasteiger partial charge in [-0.3, -0.25) is 0 Å². The van der Waals surface area contributed by atoms with Crippen LogP contribution in [0.5, 0.6) is 0 Å². The Bertz CT molecular complexity index is 3220. The second kappa shape index (κ2) is 15.9. The van der Waals surface area contributed by atoms with Gasteiger partial charge in [0.05, 0.1) is 6.04 Å². The first-order chi connectivity index (χ1) is 31.9. The van der Waals surface area contributed by atoms with Gasteiger partial charge in [-0.15, -0.1) is 0 Å². The Morgan fingerprint density at radius 1 is 0.515 bits per heavy atom. The SMILES string of the molecule is CC1=CC=CC(N(c2cccc(C3=CCCC=C3)c2)c2cc(C)c3c(c2)C(C)(C)c2c-3ccc3c2C(C)(C)c2cc(N(c4cccc(C)c4)c4cccc(-c5ccccc5)c4)cc(C)c2-3)C1. The Hall–Kier alpha value is -6.90. The first-order valence-corrected chi connectivity index (χ1v) is 24.0. The van der Waals surface area contributed by atoms with Gasteiger partial charge < -0.3 is 9.80 Å². The molecule has 0 aromatic heterocycles. The maximum absolute atomic E-state index is 2.61. The van der Waals surface area contributed by atoms with E-state index < -0.39 is 0 Å². The van der Waals surface area contributed by atoms with Crippen LogP contribution in [0.25, 0.3) is 39.0 Å². The van der Waals surface area contributed by atoms with Crippen molar-refractivity contribution >= 4 is 34.0 Å². The molecule has 0 fully saturated rings. The van der Waals surface area contributed by atoms with E-state index in [0.29, 0.717) is 0 Å². The Balaban J connectivity index is 1.03. The van der Waals surface area contributed by atoms with E-state index in [1.807, 2.05) is 0 Å². The lowest BCUT2D eigenvalue weighted by Crippen LogP contribution is -2.31. The maximum Gasteiger partial charge on any atom is 0.0562 e. The highest BCUT2D eigenvalue weighted by atomic mass is 15.2. The fourth-order valence-corrected chi connectivity index (χ4v) is 11.9. The number of aryl methyl sites for hydroxylation is 3. The monoisotopic (exact) mass is 856 g/mol. The lowest BCUT2D eigenvalue weighted by Gasteiger charge is -2.35. The Labute approximate surface area is 393 Å². The van der Waals surface area contributed by atoms with E-state index in [1.54, 1.807) is 0 Å². The van der Waals surface area contributed by atoms with Crippen LogP contribution in [0.2, 0.25) is 0 Å². The van der Waals surface area contributed by atoms with Crippen LogP contribution in [0.1, 0.15) is 98.4 Å². The van der Waals surface area contributed by atoms with Crippen molar-refractivity contribution in [3.05, 3.63) is 226 Å². The van der Waals surface area contributed by atoms with Crippen molar-refractivity contribution in [3.8, 4) is 33.4 Å². The third kappa shape index (κ3) is 6.84. The van der Waals surface area contributed by atoms with E-state index in [0.717, 1.165) is 30.6 Å². The van der Waals surface area contributed by atoms with Gasteiger partial charge in [0, 0.05) is 39.3 Å². The van der Waals surface area contributed by atoms with E-state index in [4.69, 9.17) is 0 Å². The molecule has 0 amide bonds. The van der Waals surface area contributed by atoms with Crippen LogP contribution < -0.4 is 9.80 Å². The van der Waals surface area contributed by atoms with Crippen molar-refractivity contribution < 1.29 is 0 Å². The fourth-order valence-electron chi connectivity index (χ4n) is 11.9. The molecule has 2 nitrogen and oxygen atoms in total. The number of allylic oxidation sites excluding steroid dienone is 6. The van der Waals surface area contributed by atoms with Crippen LogP contribution >= 0.6 is 0 Å². The number of hydrogen-bond donors (Lipinski definition) is 0. The second-order valence-electron chi connectivity index (χ2n) is 20.4. The number of nitrogens with zero attached hydrogens (tertiary/aromatic N) is 2. The Morgan fingerprint density at radius 2 is 1.11 bits per heavy atom. The van der Waals surface area contributed by atoms with Gasteiger partial charge in [-0.2, -0.15) is 0 Å². The zero-order valence-corrected chi connectivity index (χ0v) is 39.8. The highest BCUT2D eigenvalue weighted by Gasteiger charge is 2.47. The largest absolute Gasteiger partial charge is 0.334 e. The molecular formula is C64H60N2. The first-order valence-electron chi connectivity index (χ1n) is 24.0. The molecule has 326 valence electrons. The molecule has 2 heteroatoms. The number of rotatable bonds is 8. The van der Waals surface area contributed by atoms with Gasteiger partial charge in [0.1, 0.15) is 0 Å². The molecule has 0 spiro atoms. The molecule has 0 saturated carbocycles. The molecule has 4 aliphatic carbocycles. The minimum absolute atomic E-state index is 0.209. The molecule has 1 unspecified atom stereocenters. The van der Waals surface area contributed by atoms with Gasteiger partial charge in [-0.1, -0.05) is 149 Å². The number of hydrogen-bond acceptors (Lipinski definition) is 2. The highest BCUT2D eigenvalue weighted by molar-refractivity contribution is 5.95. The number of anilines is 5. The molecule has 7 aromatic carbocycles. The van der Waals surface area contributed by atoms with E-state index >= 15 is 0 Å². The topological polar surface area (TPSA) is 6.48 Å². The highest BCUT2D eigenvalue weighted by Crippen LogP contribution is 2.61. The van der Waals surface area contributed by atoms with E-state index in [1.165, 1.54) is 106 Å². The minimum atomic E-state index is -0.248. The third-order valence-electron chi connectivity index (χ3n) is 15.0. The van der Waals surface area contributed by atoms with Gasteiger partial charge in [-0.05, 0) is 191 Å². The molecule has 0 aliphatic heterocycles. The standard InChI is InChI=1S/C64H60N2/c1-41-19-15-27-49(33-41)65(51-29-17-25-47(37-51)45-21-11-9-12-22-45)53-35-43(3)59-55-31-32-56-60-44(4)36-54(40-58(60)64(7,8)62(56)61(55)63(5,6)57(59)39-53)66(50-28-16-20-42(2)34-50)52-30-18-26-48(38-52)46-23-13-10-14-24-46/h9,11-13,15-33,35-40,50H,10,14,34H2,1-8H3. The van der Waals surface area contributed by atoms with E-state index in [2.05, 4.69) is 241 Å². The summed E-state index contributed by atoms with van der Waals surface area (Å²) in [7, 11) is 0.